The van der Waals surface area contributed by atoms with E-state index in [0.29, 0.717) is 19.8 Å². The van der Waals surface area contributed by atoms with E-state index in [1.54, 1.807) is 7.11 Å². The van der Waals surface area contributed by atoms with Gasteiger partial charge in [-0.15, -0.1) is 24.0 Å². The van der Waals surface area contributed by atoms with Gasteiger partial charge in [0.1, 0.15) is 0 Å². The minimum Gasteiger partial charge on any atom is -0.385 e. The van der Waals surface area contributed by atoms with E-state index < -0.39 is 0 Å². The van der Waals surface area contributed by atoms with Gasteiger partial charge in [0.25, 0.3) is 0 Å². The lowest BCUT2D eigenvalue weighted by Crippen LogP contribution is -2.38. The predicted molar refractivity (Wildman–Crippen MR) is 126 cm³/mol. The molecule has 0 radical (unpaired) electrons. The van der Waals surface area contributed by atoms with Crippen LogP contribution in [-0.4, -0.2) is 32.8 Å². The molecule has 5 nitrogen and oxygen atoms in total. The topological polar surface area (TPSA) is 54.9 Å². The number of rotatable bonds is 11. The van der Waals surface area contributed by atoms with E-state index in [0.717, 1.165) is 32.1 Å². The molecule has 0 aliphatic carbocycles. The highest BCUT2D eigenvalue weighted by Crippen LogP contribution is 2.13. The largest absolute Gasteiger partial charge is 0.385 e. The number of hydrogen-bond acceptors (Lipinski definition) is 3. The fourth-order valence-corrected chi connectivity index (χ4v) is 2.63. The summed E-state index contributed by atoms with van der Waals surface area (Å²) >= 11 is 0. The third kappa shape index (κ3) is 9.52. The Morgan fingerprint density at radius 3 is 2.36 bits per heavy atom. The summed E-state index contributed by atoms with van der Waals surface area (Å²) in [5.41, 5.74) is 3.54. The van der Waals surface area contributed by atoms with Crippen molar-refractivity contribution in [1.82, 2.24) is 10.6 Å². The predicted octanol–water partition coefficient (Wildman–Crippen LogP) is 4.11. The molecule has 2 aromatic carbocycles. The number of methoxy groups -OCH3 is 1. The summed E-state index contributed by atoms with van der Waals surface area (Å²) in [6, 6.07) is 18.5. The average Bonchev–Trinajstić information content (AvgIpc) is 2.71. The molecular formula is C22H32IN3O2. The zero-order chi connectivity index (χ0) is 19.2. The van der Waals surface area contributed by atoms with Gasteiger partial charge < -0.3 is 20.1 Å². The zero-order valence-electron chi connectivity index (χ0n) is 16.8. The van der Waals surface area contributed by atoms with Crippen LogP contribution in [0.1, 0.15) is 30.0 Å². The normalized spacial score (nSPS) is 11.0. The maximum absolute atomic E-state index is 5.90. The molecule has 0 heterocycles. The van der Waals surface area contributed by atoms with Gasteiger partial charge in [-0.1, -0.05) is 54.6 Å². The van der Waals surface area contributed by atoms with Crippen LogP contribution in [0.2, 0.25) is 0 Å². The minimum absolute atomic E-state index is 0. The molecule has 0 spiro atoms. The van der Waals surface area contributed by atoms with Crippen LogP contribution < -0.4 is 10.6 Å². The van der Waals surface area contributed by atoms with E-state index >= 15 is 0 Å². The van der Waals surface area contributed by atoms with Crippen molar-refractivity contribution in [2.24, 2.45) is 4.99 Å². The highest BCUT2D eigenvalue weighted by Gasteiger charge is 2.03. The SMILES string of the molecule is CCNC(=NCc1ccccc1COCc1ccccc1)NCCCOC.I. The van der Waals surface area contributed by atoms with Gasteiger partial charge in [-0.25, -0.2) is 4.99 Å². The Balaban J connectivity index is 0.00000392. The summed E-state index contributed by atoms with van der Waals surface area (Å²) < 4.78 is 11.0. The lowest BCUT2D eigenvalue weighted by molar-refractivity contribution is 0.106. The van der Waals surface area contributed by atoms with Crippen LogP contribution in [-0.2, 0) is 29.2 Å². The molecule has 6 heteroatoms. The van der Waals surface area contributed by atoms with Crippen molar-refractivity contribution in [3.63, 3.8) is 0 Å². The Bertz CT molecular complexity index is 680. The first-order valence-corrected chi connectivity index (χ1v) is 9.53. The van der Waals surface area contributed by atoms with Crippen molar-refractivity contribution >= 4 is 29.9 Å². The van der Waals surface area contributed by atoms with Crippen LogP contribution in [0, 0.1) is 0 Å². The van der Waals surface area contributed by atoms with E-state index in [-0.39, 0.29) is 24.0 Å². The van der Waals surface area contributed by atoms with Crippen LogP contribution in [0.3, 0.4) is 0 Å². The summed E-state index contributed by atoms with van der Waals surface area (Å²) in [4.78, 5) is 4.71. The second-order valence-electron chi connectivity index (χ2n) is 6.22. The molecule has 0 fully saturated rings. The van der Waals surface area contributed by atoms with Gasteiger partial charge in [0, 0.05) is 26.8 Å². The standard InChI is InChI=1S/C22H31N3O2.HI/c1-3-23-22(24-14-9-15-26-2)25-16-20-12-7-8-13-21(20)18-27-17-19-10-5-4-6-11-19;/h4-8,10-13H,3,9,14-18H2,1-2H3,(H2,23,24,25);1H. The molecule has 0 aliphatic rings. The summed E-state index contributed by atoms with van der Waals surface area (Å²) in [6.45, 7) is 6.29. The molecule has 28 heavy (non-hydrogen) atoms. The number of guanidine groups is 1. The lowest BCUT2D eigenvalue weighted by atomic mass is 10.1. The van der Waals surface area contributed by atoms with Gasteiger partial charge in [-0.2, -0.15) is 0 Å². The summed E-state index contributed by atoms with van der Waals surface area (Å²) in [5, 5.41) is 6.62. The first-order valence-electron chi connectivity index (χ1n) is 9.53. The molecule has 0 amide bonds. The van der Waals surface area contributed by atoms with Crippen LogP contribution in [0.5, 0.6) is 0 Å². The highest BCUT2D eigenvalue weighted by atomic mass is 127. The second kappa shape index (κ2) is 15.3. The van der Waals surface area contributed by atoms with Crippen molar-refractivity contribution in [3.8, 4) is 0 Å². The van der Waals surface area contributed by atoms with Crippen molar-refractivity contribution in [1.29, 1.82) is 0 Å². The van der Waals surface area contributed by atoms with E-state index in [9.17, 15) is 0 Å². The lowest BCUT2D eigenvalue weighted by Gasteiger charge is -2.12. The van der Waals surface area contributed by atoms with Gasteiger partial charge in [0.2, 0.25) is 0 Å². The number of benzene rings is 2. The Kier molecular flexibility index (Phi) is 13.3. The minimum atomic E-state index is 0. The van der Waals surface area contributed by atoms with Gasteiger partial charge in [-0.05, 0) is 30.0 Å². The summed E-state index contributed by atoms with van der Waals surface area (Å²) in [7, 11) is 1.72. The van der Waals surface area contributed by atoms with Gasteiger partial charge >= 0.3 is 0 Å². The highest BCUT2D eigenvalue weighted by molar-refractivity contribution is 14.0. The Labute approximate surface area is 186 Å². The molecule has 2 rings (SSSR count). The van der Waals surface area contributed by atoms with Crippen molar-refractivity contribution in [2.75, 3.05) is 26.8 Å². The third-order valence-corrected chi connectivity index (χ3v) is 4.06. The van der Waals surface area contributed by atoms with Crippen LogP contribution >= 0.6 is 24.0 Å². The molecule has 2 aromatic rings. The van der Waals surface area contributed by atoms with Gasteiger partial charge in [0.15, 0.2) is 5.96 Å². The van der Waals surface area contributed by atoms with E-state index in [2.05, 4.69) is 41.8 Å². The Morgan fingerprint density at radius 2 is 1.64 bits per heavy atom. The molecule has 0 bridgehead atoms. The molecule has 0 aromatic heterocycles. The van der Waals surface area contributed by atoms with Gasteiger partial charge in [-0.3, -0.25) is 0 Å². The average molecular weight is 497 g/mol. The zero-order valence-corrected chi connectivity index (χ0v) is 19.1. The molecule has 0 aliphatic heterocycles. The van der Waals surface area contributed by atoms with Crippen LogP contribution in [0.4, 0.5) is 0 Å². The molecule has 0 saturated heterocycles. The smallest absolute Gasteiger partial charge is 0.191 e. The number of nitrogens with one attached hydrogen (secondary N) is 2. The fraction of sp³-hybridized carbons (Fsp3) is 0.409. The number of nitrogens with zero attached hydrogens (tertiary/aromatic N) is 1. The first-order chi connectivity index (χ1) is 13.3. The number of aliphatic imine (C=N–C) groups is 1. The second-order valence-corrected chi connectivity index (χ2v) is 6.22. The molecular weight excluding hydrogens is 465 g/mol. The van der Waals surface area contributed by atoms with Crippen molar-refractivity contribution in [3.05, 3.63) is 71.3 Å². The van der Waals surface area contributed by atoms with E-state index in [4.69, 9.17) is 14.5 Å². The number of hydrogen-bond donors (Lipinski definition) is 2. The van der Waals surface area contributed by atoms with Crippen LogP contribution in [0.15, 0.2) is 59.6 Å². The molecule has 2 N–H and O–H groups in total. The third-order valence-electron chi connectivity index (χ3n) is 4.06. The van der Waals surface area contributed by atoms with E-state index in [1.807, 2.05) is 30.3 Å². The van der Waals surface area contributed by atoms with E-state index in [1.165, 1.54) is 16.7 Å². The Morgan fingerprint density at radius 1 is 0.929 bits per heavy atom. The maximum Gasteiger partial charge on any atom is 0.191 e. The van der Waals surface area contributed by atoms with Crippen molar-refractivity contribution in [2.45, 2.75) is 33.1 Å². The molecule has 154 valence electrons. The summed E-state index contributed by atoms with van der Waals surface area (Å²) in [5.74, 6) is 0.827. The fourth-order valence-electron chi connectivity index (χ4n) is 2.63. The maximum atomic E-state index is 5.90. The number of halogens is 1. The quantitative estimate of drug-likeness (QED) is 0.212. The summed E-state index contributed by atoms with van der Waals surface area (Å²) in [6.07, 6.45) is 0.949. The number of ether oxygens (including phenoxy) is 2. The molecule has 0 saturated carbocycles. The monoisotopic (exact) mass is 497 g/mol. The van der Waals surface area contributed by atoms with Crippen molar-refractivity contribution < 1.29 is 9.47 Å². The Hall–Kier alpha value is -1.64. The van der Waals surface area contributed by atoms with Crippen LogP contribution in [0.25, 0.3) is 0 Å². The molecule has 0 atom stereocenters. The van der Waals surface area contributed by atoms with Gasteiger partial charge in [0.05, 0.1) is 19.8 Å². The first kappa shape index (κ1) is 24.4. The molecule has 0 unspecified atom stereocenters.